The van der Waals surface area contributed by atoms with Crippen LogP contribution in [0.2, 0.25) is 0 Å². The van der Waals surface area contributed by atoms with Gasteiger partial charge in [0, 0.05) is 19.3 Å². The highest BCUT2D eigenvalue weighted by atomic mass is 16.6. The molecule has 0 aromatic carbocycles. The summed E-state index contributed by atoms with van der Waals surface area (Å²) in [5.41, 5.74) is 0. The van der Waals surface area contributed by atoms with Crippen LogP contribution in [0.3, 0.4) is 0 Å². The molecule has 6 heteroatoms. The second kappa shape index (κ2) is 58.9. The minimum atomic E-state index is -0.780. The number of hydrogen-bond donors (Lipinski definition) is 0. The molecule has 0 saturated carbocycles. The molecule has 1 atom stereocenters. The van der Waals surface area contributed by atoms with Crippen molar-refractivity contribution in [3.05, 3.63) is 48.6 Å². The van der Waals surface area contributed by atoms with Crippen LogP contribution in [0.5, 0.6) is 0 Å². The molecule has 0 bridgehead atoms. The van der Waals surface area contributed by atoms with Gasteiger partial charge in [-0.25, -0.2) is 0 Å². The van der Waals surface area contributed by atoms with E-state index in [1.807, 2.05) is 0 Å². The zero-order chi connectivity index (χ0) is 50.7. The fraction of sp³-hybridized carbons (Fsp3) is 0.828. The topological polar surface area (TPSA) is 78.9 Å². The Morgan fingerprint density at radius 1 is 0.286 bits per heavy atom. The third kappa shape index (κ3) is 56.3. The van der Waals surface area contributed by atoms with Crippen molar-refractivity contribution in [3.8, 4) is 0 Å². The Kier molecular flexibility index (Phi) is 56.7. The van der Waals surface area contributed by atoms with Gasteiger partial charge in [0.2, 0.25) is 0 Å². The van der Waals surface area contributed by atoms with Crippen molar-refractivity contribution in [3.63, 3.8) is 0 Å². The summed E-state index contributed by atoms with van der Waals surface area (Å²) in [6.45, 7) is 6.62. The monoisotopic (exact) mass is 981 g/mol. The maximum atomic E-state index is 12.8. The number of unbranched alkanes of at least 4 members (excludes halogenated alkanes) is 37. The number of ether oxygens (including phenoxy) is 3. The molecule has 0 aromatic heterocycles. The molecule has 0 aliphatic carbocycles. The Bertz CT molecular complexity index is 1220. The SMILES string of the molecule is CCCCCC/C=C\CCCCCCCC(=O)OCC(COC(=O)CCCCCCCCCCCCCCC/C=C\C/C=C\CCCCCCC)OC(=O)CCCCCCC/C=C\CCCCCCC. The van der Waals surface area contributed by atoms with E-state index in [2.05, 4.69) is 69.4 Å². The summed E-state index contributed by atoms with van der Waals surface area (Å²) in [5.74, 6) is -0.881. The molecule has 0 fully saturated rings. The standard InChI is InChI=1S/C64H116O6/c1-4-7-10-13-16-19-22-25-27-28-29-30-31-32-33-34-35-36-37-40-42-45-48-51-54-57-63(66)69-60-61(59-68-62(65)56-53-50-47-44-41-38-24-21-18-15-12-9-6-3)70-64(67)58-55-52-49-46-43-39-26-23-20-17-14-11-8-5-2/h21-26,28-29,61H,4-20,27,30-60H2,1-3H3/b24-21-,25-22-,26-23-,29-28-. The van der Waals surface area contributed by atoms with Gasteiger partial charge in [-0.05, 0) is 103 Å². The van der Waals surface area contributed by atoms with Gasteiger partial charge in [0.25, 0.3) is 0 Å². The van der Waals surface area contributed by atoms with Crippen LogP contribution in [-0.4, -0.2) is 37.2 Å². The van der Waals surface area contributed by atoms with Crippen LogP contribution < -0.4 is 0 Å². The van der Waals surface area contributed by atoms with E-state index in [1.165, 1.54) is 199 Å². The normalized spacial score (nSPS) is 12.3. The van der Waals surface area contributed by atoms with Gasteiger partial charge in [-0.1, -0.05) is 249 Å². The van der Waals surface area contributed by atoms with Crippen LogP contribution in [0.4, 0.5) is 0 Å². The number of esters is 3. The van der Waals surface area contributed by atoms with Crippen LogP contribution in [0.15, 0.2) is 48.6 Å². The van der Waals surface area contributed by atoms with Gasteiger partial charge in [-0.3, -0.25) is 14.4 Å². The fourth-order valence-electron chi connectivity index (χ4n) is 8.88. The quantitative estimate of drug-likeness (QED) is 0.0261. The van der Waals surface area contributed by atoms with E-state index in [0.29, 0.717) is 19.3 Å². The highest BCUT2D eigenvalue weighted by Gasteiger charge is 2.19. The summed E-state index contributed by atoms with van der Waals surface area (Å²) in [6, 6.07) is 0. The molecular formula is C64H116O6. The third-order valence-electron chi connectivity index (χ3n) is 13.5. The minimum absolute atomic E-state index is 0.0773. The summed E-state index contributed by atoms with van der Waals surface area (Å²) in [7, 11) is 0. The van der Waals surface area contributed by atoms with E-state index in [-0.39, 0.29) is 31.1 Å². The number of rotatable bonds is 56. The molecule has 0 aromatic rings. The maximum Gasteiger partial charge on any atom is 0.306 e. The maximum absolute atomic E-state index is 12.8. The summed E-state index contributed by atoms with van der Waals surface area (Å²) in [4.78, 5) is 38.2. The van der Waals surface area contributed by atoms with Crippen molar-refractivity contribution >= 4 is 17.9 Å². The molecule has 1 unspecified atom stereocenters. The van der Waals surface area contributed by atoms with E-state index < -0.39 is 6.10 Å². The zero-order valence-electron chi connectivity index (χ0n) is 46.8. The smallest absolute Gasteiger partial charge is 0.306 e. The first-order chi connectivity index (χ1) is 34.5. The van der Waals surface area contributed by atoms with Gasteiger partial charge in [0.15, 0.2) is 6.10 Å². The van der Waals surface area contributed by atoms with E-state index in [9.17, 15) is 14.4 Å². The number of hydrogen-bond acceptors (Lipinski definition) is 6. The number of carbonyl (C=O) groups excluding carboxylic acids is 3. The van der Waals surface area contributed by atoms with Crippen molar-refractivity contribution in [2.75, 3.05) is 13.2 Å². The van der Waals surface area contributed by atoms with Gasteiger partial charge in [0.05, 0.1) is 0 Å². The van der Waals surface area contributed by atoms with Crippen molar-refractivity contribution in [1.82, 2.24) is 0 Å². The molecule has 6 nitrogen and oxygen atoms in total. The lowest BCUT2D eigenvalue weighted by atomic mass is 10.0. The third-order valence-corrected chi connectivity index (χ3v) is 13.5. The molecule has 0 aliphatic heterocycles. The van der Waals surface area contributed by atoms with Crippen molar-refractivity contribution in [1.29, 1.82) is 0 Å². The van der Waals surface area contributed by atoms with Gasteiger partial charge < -0.3 is 14.2 Å². The predicted octanol–water partition coefficient (Wildman–Crippen LogP) is 20.6. The van der Waals surface area contributed by atoms with E-state index in [1.54, 1.807) is 0 Å². The highest BCUT2D eigenvalue weighted by Crippen LogP contribution is 2.16. The van der Waals surface area contributed by atoms with E-state index in [4.69, 9.17) is 14.2 Å². The molecule has 0 rings (SSSR count). The molecule has 408 valence electrons. The molecule has 0 aliphatic rings. The van der Waals surface area contributed by atoms with Gasteiger partial charge in [-0.2, -0.15) is 0 Å². The Morgan fingerprint density at radius 2 is 0.514 bits per heavy atom. The number of carbonyl (C=O) groups is 3. The van der Waals surface area contributed by atoms with Crippen molar-refractivity contribution in [2.24, 2.45) is 0 Å². The van der Waals surface area contributed by atoms with Crippen molar-refractivity contribution in [2.45, 2.75) is 329 Å². The molecule has 0 radical (unpaired) electrons. The lowest BCUT2D eigenvalue weighted by Gasteiger charge is -2.18. The van der Waals surface area contributed by atoms with Crippen LogP contribution >= 0.6 is 0 Å². The molecule has 0 saturated heterocycles. The fourth-order valence-corrected chi connectivity index (χ4v) is 8.88. The second-order valence-corrected chi connectivity index (χ2v) is 20.6. The first-order valence-electron chi connectivity index (χ1n) is 30.6. The van der Waals surface area contributed by atoms with E-state index in [0.717, 1.165) is 83.5 Å². The summed E-state index contributed by atoms with van der Waals surface area (Å²) in [6.07, 6.45) is 72.5. The Morgan fingerprint density at radius 3 is 0.814 bits per heavy atom. The van der Waals surface area contributed by atoms with Crippen LogP contribution in [-0.2, 0) is 28.6 Å². The zero-order valence-corrected chi connectivity index (χ0v) is 46.8. The van der Waals surface area contributed by atoms with E-state index >= 15 is 0 Å². The lowest BCUT2D eigenvalue weighted by Crippen LogP contribution is -2.30. The Labute approximate surface area is 435 Å². The van der Waals surface area contributed by atoms with Crippen LogP contribution in [0.1, 0.15) is 323 Å². The van der Waals surface area contributed by atoms with Gasteiger partial charge in [-0.15, -0.1) is 0 Å². The molecule has 70 heavy (non-hydrogen) atoms. The van der Waals surface area contributed by atoms with Gasteiger partial charge in [0.1, 0.15) is 13.2 Å². The molecule has 0 spiro atoms. The molecule has 0 heterocycles. The highest BCUT2D eigenvalue weighted by molar-refractivity contribution is 5.71. The van der Waals surface area contributed by atoms with Crippen molar-refractivity contribution < 1.29 is 28.6 Å². The second-order valence-electron chi connectivity index (χ2n) is 20.6. The predicted molar refractivity (Wildman–Crippen MR) is 302 cm³/mol. The van der Waals surface area contributed by atoms with Crippen LogP contribution in [0, 0.1) is 0 Å². The van der Waals surface area contributed by atoms with Gasteiger partial charge >= 0.3 is 17.9 Å². The Hall–Kier alpha value is -2.63. The molecule has 0 N–H and O–H groups in total. The molecule has 0 amide bonds. The Balaban J connectivity index is 4.25. The largest absolute Gasteiger partial charge is 0.462 e. The first-order valence-corrected chi connectivity index (χ1v) is 30.6. The minimum Gasteiger partial charge on any atom is -0.462 e. The average Bonchev–Trinajstić information content (AvgIpc) is 3.36. The summed E-state index contributed by atoms with van der Waals surface area (Å²) >= 11 is 0. The summed E-state index contributed by atoms with van der Waals surface area (Å²) < 4.78 is 16.9. The average molecular weight is 982 g/mol. The first kappa shape index (κ1) is 67.4. The summed E-state index contributed by atoms with van der Waals surface area (Å²) in [5, 5.41) is 0. The lowest BCUT2D eigenvalue weighted by molar-refractivity contribution is -0.167. The molecular weight excluding hydrogens is 865 g/mol. The number of allylic oxidation sites excluding steroid dienone is 8. The van der Waals surface area contributed by atoms with Crippen LogP contribution in [0.25, 0.3) is 0 Å².